The molecular formula is C6H5NS. The maximum absolute atomic E-state index is 4.14. The first-order chi connectivity index (χ1) is 3.97. The van der Waals surface area contributed by atoms with Crippen molar-refractivity contribution < 1.29 is 0 Å². The smallest absolute Gasteiger partial charge is 0.0768 e. The topological polar surface area (TPSA) is 12.4 Å². The van der Waals surface area contributed by atoms with Crippen LogP contribution in [0.3, 0.4) is 0 Å². The maximum atomic E-state index is 4.14. The highest BCUT2D eigenvalue weighted by molar-refractivity contribution is 7.08. The van der Waals surface area contributed by atoms with Crippen molar-refractivity contribution >= 4 is 23.2 Å². The van der Waals surface area contributed by atoms with E-state index < -0.39 is 0 Å². The zero-order valence-corrected chi connectivity index (χ0v) is 5.11. The molecule has 1 aliphatic heterocycles. The van der Waals surface area contributed by atoms with Crippen LogP contribution in [0.25, 0.3) is 0 Å². The Hall–Kier alpha value is -0.630. The second-order valence-corrected chi connectivity index (χ2v) is 2.54. The molecule has 0 saturated carbocycles. The lowest BCUT2D eigenvalue weighted by molar-refractivity contribution is 1.47. The minimum absolute atomic E-state index is 1.04. The van der Waals surface area contributed by atoms with Gasteiger partial charge in [0.25, 0.3) is 0 Å². The summed E-state index contributed by atoms with van der Waals surface area (Å²) in [6, 6.07) is 0. The van der Waals surface area contributed by atoms with Crippen molar-refractivity contribution in [3.8, 4) is 0 Å². The number of aliphatic imine (C=N–C) groups is 1. The molecule has 0 amide bonds. The Kier molecular flexibility index (Phi) is 0.758. The molecule has 1 aromatic rings. The van der Waals surface area contributed by atoms with E-state index in [1.54, 1.807) is 11.3 Å². The molecule has 0 fully saturated rings. The number of hydrogen-bond acceptors (Lipinski definition) is 2. The second kappa shape index (κ2) is 1.42. The van der Waals surface area contributed by atoms with E-state index in [0.29, 0.717) is 0 Å². The van der Waals surface area contributed by atoms with Gasteiger partial charge in [-0.25, -0.2) is 0 Å². The summed E-state index contributed by atoms with van der Waals surface area (Å²) in [7, 11) is 0. The quantitative estimate of drug-likeness (QED) is 0.500. The van der Waals surface area contributed by atoms with E-state index >= 15 is 0 Å². The average molecular weight is 123 g/mol. The maximum Gasteiger partial charge on any atom is 0.0768 e. The molecule has 0 aromatic carbocycles. The van der Waals surface area contributed by atoms with Crippen LogP contribution in [0.15, 0.2) is 15.8 Å². The number of thiophene rings is 1. The molecule has 0 unspecified atom stereocenters. The summed E-state index contributed by atoms with van der Waals surface area (Å²) in [5.74, 6) is 0. The van der Waals surface area contributed by atoms with Crippen molar-refractivity contribution in [2.24, 2.45) is 4.99 Å². The molecule has 0 radical (unpaired) electrons. The van der Waals surface area contributed by atoms with Crippen molar-refractivity contribution in [2.75, 3.05) is 0 Å². The Balaban J connectivity index is 2.67. The molecule has 1 nitrogen and oxygen atoms in total. The summed E-state index contributed by atoms with van der Waals surface area (Å²) in [5.41, 5.74) is 2.56. The van der Waals surface area contributed by atoms with E-state index in [9.17, 15) is 0 Å². The Labute approximate surface area is 51.7 Å². The van der Waals surface area contributed by atoms with Crippen molar-refractivity contribution in [3.63, 3.8) is 0 Å². The molecule has 0 bridgehead atoms. The van der Waals surface area contributed by atoms with Crippen molar-refractivity contribution in [1.82, 2.24) is 0 Å². The van der Waals surface area contributed by atoms with Crippen LogP contribution in [0.1, 0.15) is 5.56 Å². The summed E-state index contributed by atoms with van der Waals surface area (Å²) in [5, 5.41) is 4.24. The van der Waals surface area contributed by atoms with Gasteiger partial charge >= 0.3 is 0 Å². The van der Waals surface area contributed by atoms with Crippen LogP contribution in [-0.4, -0.2) is 6.21 Å². The lowest BCUT2D eigenvalue weighted by Crippen LogP contribution is -1.70. The van der Waals surface area contributed by atoms with Crippen LogP contribution < -0.4 is 0 Å². The lowest BCUT2D eigenvalue weighted by atomic mass is 10.3. The van der Waals surface area contributed by atoms with Gasteiger partial charge in [0, 0.05) is 18.0 Å². The predicted molar refractivity (Wildman–Crippen MR) is 36.2 cm³/mol. The lowest BCUT2D eigenvalue weighted by Gasteiger charge is -1.77. The van der Waals surface area contributed by atoms with E-state index in [-0.39, 0.29) is 0 Å². The van der Waals surface area contributed by atoms with E-state index in [2.05, 4.69) is 15.8 Å². The van der Waals surface area contributed by atoms with E-state index in [1.807, 2.05) is 6.21 Å². The van der Waals surface area contributed by atoms with Crippen molar-refractivity contribution in [1.29, 1.82) is 0 Å². The van der Waals surface area contributed by atoms with Gasteiger partial charge in [0.1, 0.15) is 0 Å². The van der Waals surface area contributed by atoms with Crippen LogP contribution in [0, 0.1) is 0 Å². The molecule has 1 aliphatic rings. The van der Waals surface area contributed by atoms with Gasteiger partial charge in [-0.2, -0.15) is 0 Å². The zero-order chi connectivity index (χ0) is 5.40. The molecule has 2 heterocycles. The SMILES string of the molecule is C1=Nc2cscc2C1. The summed E-state index contributed by atoms with van der Waals surface area (Å²) in [4.78, 5) is 4.14. The molecule has 0 atom stereocenters. The van der Waals surface area contributed by atoms with E-state index in [4.69, 9.17) is 0 Å². The molecule has 0 aliphatic carbocycles. The Bertz CT molecular complexity index is 224. The number of fused-ring (bicyclic) bond motifs is 1. The first-order valence-corrected chi connectivity index (χ1v) is 3.49. The molecule has 1 aromatic heterocycles. The van der Waals surface area contributed by atoms with Crippen molar-refractivity contribution in [3.05, 3.63) is 16.3 Å². The molecule has 0 spiro atoms. The van der Waals surface area contributed by atoms with Gasteiger partial charge in [-0.3, -0.25) is 4.99 Å². The molecule has 2 rings (SSSR count). The molecular weight excluding hydrogens is 118 g/mol. The van der Waals surface area contributed by atoms with Gasteiger partial charge in [0.2, 0.25) is 0 Å². The minimum atomic E-state index is 1.04. The van der Waals surface area contributed by atoms with Crippen LogP contribution in [-0.2, 0) is 6.42 Å². The predicted octanol–water partition coefficient (Wildman–Crippen LogP) is 2.01. The van der Waals surface area contributed by atoms with Gasteiger partial charge in [0.15, 0.2) is 0 Å². The Morgan fingerprint density at radius 3 is 3.38 bits per heavy atom. The molecule has 40 valence electrons. The van der Waals surface area contributed by atoms with Crippen LogP contribution >= 0.6 is 11.3 Å². The largest absolute Gasteiger partial charge is 0.260 e. The molecule has 0 saturated heterocycles. The van der Waals surface area contributed by atoms with Crippen LogP contribution in [0.2, 0.25) is 0 Å². The monoisotopic (exact) mass is 123 g/mol. The Morgan fingerprint density at radius 1 is 1.50 bits per heavy atom. The Morgan fingerprint density at radius 2 is 2.50 bits per heavy atom. The zero-order valence-electron chi connectivity index (χ0n) is 4.29. The average Bonchev–Trinajstić information content (AvgIpc) is 2.15. The van der Waals surface area contributed by atoms with E-state index in [0.717, 1.165) is 6.42 Å². The third-order valence-corrected chi connectivity index (χ3v) is 2.04. The van der Waals surface area contributed by atoms with Gasteiger partial charge in [0.05, 0.1) is 5.69 Å². The third kappa shape index (κ3) is 0.434. The van der Waals surface area contributed by atoms with Gasteiger partial charge in [-0.1, -0.05) is 0 Å². The first-order valence-electron chi connectivity index (χ1n) is 2.54. The summed E-state index contributed by atoms with van der Waals surface area (Å²) >= 11 is 1.73. The van der Waals surface area contributed by atoms with Crippen LogP contribution in [0.5, 0.6) is 0 Å². The fourth-order valence-corrected chi connectivity index (χ4v) is 1.62. The second-order valence-electron chi connectivity index (χ2n) is 1.80. The van der Waals surface area contributed by atoms with Crippen LogP contribution in [0.4, 0.5) is 5.69 Å². The summed E-state index contributed by atoms with van der Waals surface area (Å²) in [6.07, 6.45) is 3.00. The van der Waals surface area contributed by atoms with Gasteiger partial charge < -0.3 is 0 Å². The van der Waals surface area contributed by atoms with Gasteiger partial charge in [-0.05, 0) is 10.9 Å². The first kappa shape index (κ1) is 4.27. The highest BCUT2D eigenvalue weighted by atomic mass is 32.1. The molecule has 8 heavy (non-hydrogen) atoms. The normalized spacial score (nSPS) is 14.5. The third-order valence-electron chi connectivity index (χ3n) is 1.26. The number of rotatable bonds is 0. The number of hydrogen-bond donors (Lipinski definition) is 0. The standard InChI is InChI=1S/C6H5NS/c1-2-7-6-4-8-3-5(1)6/h2-4H,1H2. The molecule has 0 N–H and O–H groups in total. The fraction of sp³-hybridized carbons (Fsp3) is 0.167. The fourth-order valence-electron chi connectivity index (χ4n) is 0.825. The highest BCUT2D eigenvalue weighted by Crippen LogP contribution is 2.27. The molecule has 2 heteroatoms. The van der Waals surface area contributed by atoms with Gasteiger partial charge in [-0.15, -0.1) is 11.3 Å². The summed E-state index contributed by atoms with van der Waals surface area (Å²) < 4.78 is 0. The summed E-state index contributed by atoms with van der Waals surface area (Å²) in [6.45, 7) is 0. The number of nitrogens with zero attached hydrogens (tertiary/aromatic N) is 1. The minimum Gasteiger partial charge on any atom is -0.260 e. The van der Waals surface area contributed by atoms with Crippen molar-refractivity contribution in [2.45, 2.75) is 6.42 Å². The van der Waals surface area contributed by atoms with E-state index in [1.165, 1.54) is 11.3 Å². The highest BCUT2D eigenvalue weighted by Gasteiger charge is 2.04.